The van der Waals surface area contributed by atoms with Crippen LogP contribution in [0, 0.1) is 51.7 Å². The van der Waals surface area contributed by atoms with Crippen molar-refractivity contribution in [2.24, 2.45) is 17.8 Å². The first kappa shape index (κ1) is 31.0. The molecule has 250 valence electrons. The number of hydrogen-bond donors (Lipinski definition) is 2. The maximum Gasteiger partial charge on any atom is 0.101 e. The summed E-state index contributed by atoms with van der Waals surface area (Å²) in [6, 6.07) is 15.7. The van der Waals surface area contributed by atoms with Crippen molar-refractivity contribution in [1.82, 2.24) is 20.4 Å². The zero-order chi connectivity index (χ0) is 33.8. The summed E-state index contributed by atoms with van der Waals surface area (Å²) in [6.07, 6.45) is 31.0. The molecule has 0 saturated heterocycles. The summed E-state index contributed by atoms with van der Waals surface area (Å²) < 4.78 is 0. The molecule has 1 aromatic rings. The van der Waals surface area contributed by atoms with Crippen LogP contribution in [0.2, 0.25) is 0 Å². The Morgan fingerprint density at radius 3 is 2.60 bits per heavy atom. The molecule has 8 aliphatic rings. The van der Waals surface area contributed by atoms with E-state index >= 15 is 0 Å². The van der Waals surface area contributed by atoms with Crippen molar-refractivity contribution in [3.05, 3.63) is 124 Å². The Kier molecular flexibility index (Phi) is 7.87. The molecule has 8 unspecified atom stereocenters. The third kappa shape index (κ3) is 5.09. The first-order chi connectivity index (χ1) is 24.6. The summed E-state index contributed by atoms with van der Waals surface area (Å²) in [5.41, 5.74) is 10.6. The minimum Gasteiger partial charge on any atom is -0.375 e. The van der Waals surface area contributed by atoms with Gasteiger partial charge in [-0.1, -0.05) is 54.7 Å². The molecule has 7 heteroatoms. The molecular weight excluding hydrogens is 615 g/mol. The first-order valence-electron chi connectivity index (χ1n) is 18.6. The summed E-state index contributed by atoms with van der Waals surface area (Å²) in [4.78, 5) is 5.39. The number of benzene rings is 1. The van der Waals surface area contributed by atoms with E-state index in [9.17, 15) is 15.8 Å². The van der Waals surface area contributed by atoms with Gasteiger partial charge in [0.2, 0.25) is 0 Å². The minimum absolute atomic E-state index is 0.0119. The van der Waals surface area contributed by atoms with Crippen molar-refractivity contribution in [3.8, 4) is 18.2 Å². The lowest BCUT2D eigenvalue weighted by Crippen LogP contribution is -2.60. The second-order valence-electron chi connectivity index (χ2n) is 15.1. The second kappa shape index (κ2) is 12.7. The van der Waals surface area contributed by atoms with E-state index in [1.165, 1.54) is 42.5 Å². The quantitative estimate of drug-likeness (QED) is 0.326. The highest BCUT2D eigenvalue weighted by atomic mass is 15.4. The van der Waals surface area contributed by atoms with Crippen LogP contribution in [0.4, 0.5) is 0 Å². The van der Waals surface area contributed by atoms with Crippen molar-refractivity contribution in [2.45, 2.75) is 94.7 Å². The van der Waals surface area contributed by atoms with Gasteiger partial charge in [0.1, 0.15) is 6.17 Å². The molecule has 4 heterocycles. The zero-order valence-corrected chi connectivity index (χ0v) is 28.4. The number of hydrogen-bond acceptors (Lipinski definition) is 7. The Labute approximate surface area is 295 Å². The SMILES string of the molecule is N#CC1=CC2=C(CC1)N(C1C=C(C3C=CC=C(c4ccccc4C#N)N3)CC(N3C4=C(CCCC4)C4CCC=CC43)N1)C1C=CC(C#N)CC21. The average Bonchev–Trinajstić information content (AvgIpc) is 3.70. The van der Waals surface area contributed by atoms with Crippen LogP contribution in [-0.4, -0.2) is 40.3 Å². The molecule has 0 saturated carbocycles. The molecule has 0 radical (unpaired) electrons. The lowest BCUT2D eigenvalue weighted by molar-refractivity contribution is 0.101. The summed E-state index contributed by atoms with van der Waals surface area (Å²) in [7, 11) is 0. The van der Waals surface area contributed by atoms with Gasteiger partial charge in [-0.3, -0.25) is 5.32 Å². The molecular formula is C43H43N7. The van der Waals surface area contributed by atoms with E-state index in [1.807, 2.05) is 24.3 Å². The molecule has 2 N–H and O–H groups in total. The van der Waals surface area contributed by atoms with Gasteiger partial charge in [-0.2, -0.15) is 15.8 Å². The number of allylic oxidation sites excluding steroid dienone is 8. The van der Waals surface area contributed by atoms with Crippen molar-refractivity contribution in [1.29, 1.82) is 15.8 Å². The maximum absolute atomic E-state index is 9.91. The largest absolute Gasteiger partial charge is 0.375 e. The standard InChI is InChI=1S/C43H43N7/c44-24-27-16-18-40-34(20-27)35-21-28(25-45)17-19-41(35)50(40)43-23-30(36-12-7-13-37(47-36)31-9-2-1-8-29(31)26-46)22-42(48-43)49-38-14-5-3-10-32(38)33-11-4-6-15-39(33)49/h1-2,5,7-9,12-14,16,18,21,23,27,32,34,36,38,40,42-43,47-48H,3-4,6,10-11,15,17,19-20,22H2. The van der Waals surface area contributed by atoms with Gasteiger partial charge in [0.15, 0.2) is 0 Å². The Bertz CT molecular complexity index is 1980. The summed E-state index contributed by atoms with van der Waals surface area (Å²) >= 11 is 0. The normalized spacial score (nSPS) is 33.9. The summed E-state index contributed by atoms with van der Waals surface area (Å²) in [5.74, 6) is 0.688. The van der Waals surface area contributed by atoms with Crippen LogP contribution in [0.5, 0.6) is 0 Å². The van der Waals surface area contributed by atoms with Gasteiger partial charge in [-0.15, -0.1) is 0 Å². The zero-order valence-electron chi connectivity index (χ0n) is 28.4. The highest BCUT2D eigenvalue weighted by Gasteiger charge is 2.49. The molecule has 1 aromatic carbocycles. The number of nitrogens with one attached hydrogen (secondary N) is 2. The lowest BCUT2D eigenvalue weighted by Gasteiger charge is -2.48. The average molecular weight is 658 g/mol. The van der Waals surface area contributed by atoms with E-state index in [0.29, 0.717) is 17.5 Å². The number of dihydropyridines is 1. The fourth-order valence-corrected chi connectivity index (χ4v) is 10.3. The maximum atomic E-state index is 9.91. The summed E-state index contributed by atoms with van der Waals surface area (Å²) in [5, 5.41) is 37.8. The van der Waals surface area contributed by atoms with E-state index in [2.05, 4.69) is 93.3 Å². The van der Waals surface area contributed by atoms with E-state index in [0.717, 1.165) is 55.4 Å². The van der Waals surface area contributed by atoms with Crippen molar-refractivity contribution in [3.63, 3.8) is 0 Å². The van der Waals surface area contributed by atoms with Gasteiger partial charge in [-0.25, -0.2) is 0 Å². The monoisotopic (exact) mass is 657 g/mol. The molecule has 0 bridgehead atoms. The van der Waals surface area contributed by atoms with Crippen LogP contribution in [0.25, 0.3) is 5.70 Å². The van der Waals surface area contributed by atoms with Gasteiger partial charge in [-0.05, 0) is 98.8 Å². The van der Waals surface area contributed by atoms with Crippen LogP contribution in [-0.2, 0) is 0 Å². The van der Waals surface area contributed by atoms with Gasteiger partial charge in [0.05, 0.1) is 54.0 Å². The molecule has 0 aromatic heterocycles. The Morgan fingerprint density at radius 1 is 0.840 bits per heavy atom. The van der Waals surface area contributed by atoms with Crippen LogP contribution in [0.3, 0.4) is 0 Å². The lowest BCUT2D eigenvalue weighted by atomic mass is 9.79. The molecule has 0 amide bonds. The van der Waals surface area contributed by atoms with Crippen LogP contribution >= 0.6 is 0 Å². The highest BCUT2D eigenvalue weighted by Crippen LogP contribution is 2.50. The number of fused-ring (bicyclic) bond motifs is 4. The van der Waals surface area contributed by atoms with Gasteiger partial charge < -0.3 is 15.1 Å². The molecule has 4 aliphatic carbocycles. The third-order valence-corrected chi connectivity index (χ3v) is 12.5. The summed E-state index contributed by atoms with van der Waals surface area (Å²) in [6.45, 7) is 0. The molecule has 0 spiro atoms. The third-order valence-electron chi connectivity index (χ3n) is 12.5. The Morgan fingerprint density at radius 2 is 1.72 bits per heavy atom. The van der Waals surface area contributed by atoms with Crippen LogP contribution in [0.15, 0.2) is 113 Å². The van der Waals surface area contributed by atoms with Gasteiger partial charge in [0, 0.05) is 46.5 Å². The minimum atomic E-state index is -0.113. The number of nitrogens with zero attached hydrogens (tertiary/aromatic N) is 5. The van der Waals surface area contributed by atoms with E-state index in [-0.39, 0.29) is 36.3 Å². The predicted octanol–water partition coefficient (Wildman–Crippen LogP) is 7.38. The fraction of sp³-hybridized carbons (Fsp3) is 0.419. The fourth-order valence-electron chi connectivity index (χ4n) is 10.3. The predicted molar refractivity (Wildman–Crippen MR) is 194 cm³/mol. The second-order valence-corrected chi connectivity index (χ2v) is 15.1. The molecule has 8 atom stereocenters. The van der Waals surface area contributed by atoms with Crippen molar-refractivity contribution >= 4 is 5.70 Å². The van der Waals surface area contributed by atoms with E-state index in [4.69, 9.17) is 0 Å². The van der Waals surface area contributed by atoms with Crippen LogP contribution < -0.4 is 10.6 Å². The Hall–Kier alpha value is -5.03. The molecule has 4 aliphatic heterocycles. The van der Waals surface area contributed by atoms with Gasteiger partial charge in [0.25, 0.3) is 0 Å². The number of nitriles is 3. The van der Waals surface area contributed by atoms with E-state index < -0.39 is 0 Å². The molecule has 50 heavy (non-hydrogen) atoms. The van der Waals surface area contributed by atoms with Crippen LogP contribution in [0.1, 0.15) is 75.3 Å². The van der Waals surface area contributed by atoms with E-state index in [1.54, 1.807) is 11.3 Å². The first-order valence-corrected chi connectivity index (χ1v) is 18.6. The Balaban J connectivity index is 1.13. The van der Waals surface area contributed by atoms with Crippen molar-refractivity contribution < 1.29 is 0 Å². The molecule has 0 fully saturated rings. The van der Waals surface area contributed by atoms with Crippen molar-refractivity contribution in [2.75, 3.05) is 0 Å². The van der Waals surface area contributed by atoms with Gasteiger partial charge >= 0.3 is 0 Å². The molecule has 7 nitrogen and oxygen atoms in total. The smallest absolute Gasteiger partial charge is 0.101 e. The number of rotatable bonds is 4. The topological polar surface area (TPSA) is 102 Å². The highest BCUT2D eigenvalue weighted by molar-refractivity contribution is 5.72. The molecule has 9 rings (SSSR count).